The number of hydrogen-bond acceptors (Lipinski definition) is 2. The molecule has 0 amide bonds. The third-order valence-electron chi connectivity index (χ3n) is 3.16. The van der Waals surface area contributed by atoms with E-state index in [1.165, 1.54) is 0 Å². The Bertz CT molecular complexity index is 171. The minimum absolute atomic E-state index is 0.111. The molecule has 1 aliphatic carbocycles. The molecule has 3 nitrogen and oxygen atoms in total. The van der Waals surface area contributed by atoms with Gasteiger partial charge in [-0.2, -0.15) is 0 Å². The van der Waals surface area contributed by atoms with E-state index in [0.717, 1.165) is 25.7 Å². The monoisotopic (exact) mass is 186 g/mol. The summed E-state index contributed by atoms with van der Waals surface area (Å²) in [5.74, 6) is -0.190. The lowest BCUT2D eigenvalue weighted by atomic mass is 9.80. The van der Waals surface area contributed by atoms with Gasteiger partial charge in [-0.25, -0.2) is 0 Å². The lowest BCUT2D eigenvalue weighted by molar-refractivity contribution is -0.143. The SMILES string of the molecule is CO[C@@H](C)C1CCC(C(=O)O)CC1. The Labute approximate surface area is 79.1 Å². The predicted molar refractivity (Wildman–Crippen MR) is 49.6 cm³/mol. The summed E-state index contributed by atoms with van der Waals surface area (Å²) >= 11 is 0. The molecular formula is C10H18O3. The molecule has 0 spiro atoms. The van der Waals surface area contributed by atoms with Gasteiger partial charge in [0.2, 0.25) is 0 Å². The molecule has 0 aromatic carbocycles. The van der Waals surface area contributed by atoms with Gasteiger partial charge in [-0.1, -0.05) is 0 Å². The van der Waals surface area contributed by atoms with E-state index < -0.39 is 5.97 Å². The number of rotatable bonds is 3. The highest BCUT2D eigenvalue weighted by atomic mass is 16.5. The molecule has 3 heteroatoms. The summed E-state index contributed by atoms with van der Waals surface area (Å²) in [6.45, 7) is 2.06. The minimum Gasteiger partial charge on any atom is -0.481 e. The number of ether oxygens (including phenoxy) is 1. The molecule has 1 atom stereocenters. The predicted octanol–water partition coefficient (Wildman–Crippen LogP) is 1.91. The van der Waals surface area contributed by atoms with Crippen LogP contribution < -0.4 is 0 Å². The van der Waals surface area contributed by atoms with E-state index in [-0.39, 0.29) is 12.0 Å². The molecule has 13 heavy (non-hydrogen) atoms. The van der Waals surface area contributed by atoms with Crippen LogP contribution in [0.15, 0.2) is 0 Å². The molecule has 0 radical (unpaired) electrons. The fourth-order valence-corrected chi connectivity index (χ4v) is 2.03. The minimum atomic E-state index is -0.636. The molecular weight excluding hydrogens is 168 g/mol. The molecule has 1 N–H and O–H groups in total. The van der Waals surface area contributed by atoms with Gasteiger partial charge in [-0.3, -0.25) is 4.79 Å². The van der Waals surface area contributed by atoms with Crippen molar-refractivity contribution in [2.75, 3.05) is 7.11 Å². The maximum absolute atomic E-state index is 10.7. The van der Waals surface area contributed by atoms with Crippen LogP contribution in [0.5, 0.6) is 0 Å². The highest BCUT2D eigenvalue weighted by Gasteiger charge is 2.28. The standard InChI is InChI=1S/C10H18O3/c1-7(13-2)8-3-5-9(6-4-8)10(11)12/h7-9H,3-6H2,1-2H3,(H,11,12)/t7-,8?,9?/m0/s1. The van der Waals surface area contributed by atoms with Gasteiger partial charge in [0.05, 0.1) is 12.0 Å². The van der Waals surface area contributed by atoms with Gasteiger partial charge >= 0.3 is 5.97 Å². The average Bonchev–Trinajstić information content (AvgIpc) is 2.17. The van der Waals surface area contributed by atoms with Gasteiger partial charge in [-0.15, -0.1) is 0 Å². The van der Waals surface area contributed by atoms with Crippen molar-refractivity contribution in [3.63, 3.8) is 0 Å². The number of methoxy groups -OCH3 is 1. The van der Waals surface area contributed by atoms with Crippen molar-refractivity contribution in [1.29, 1.82) is 0 Å². The van der Waals surface area contributed by atoms with Crippen LogP contribution >= 0.6 is 0 Å². The molecule has 1 rings (SSSR count). The Balaban J connectivity index is 2.34. The number of carboxylic acid groups (broad SMARTS) is 1. The Morgan fingerprint density at radius 3 is 2.31 bits per heavy atom. The molecule has 0 saturated heterocycles. The van der Waals surface area contributed by atoms with Crippen LogP contribution in [-0.4, -0.2) is 24.3 Å². The highest BCUT2D eigenvalue weighted by molar-refractivity contribution is 5.69. The summed E-state index contributed by atoms with van der Waals surface area (Å²) in [5, 5.41) is 8.79. The highest BCUT2D eigenvalue weighted by Crippen LogP contribution is 2.31. The quantitative estimate of drug-likeness (QED) is 0.732. The number of hydrogen-bond donors (Lipinski definition) is 1. The Morgan fingerprint density at radius 2 is 1.92 bits per heavy atom. The summed E-state index contributed by atoms with van der Waals surface area (Å²) in [6.07, 6.45) is 3.88. The van der Waals surface area contributed by atoms with E-state index in [1.54, 1.807) is 7.11 Å². The van der Waals surface area contributed by atoms with E-state index in [1.807, 2.05) is 0 Å². The van der Waals surface area contributed by atoms with Crippen molar-refractivity contribution in [3.05, 3.63) is 0 Å². The van der Waals surface area contributed by atoms with Crippen LogP contribution in [-0.2, 0) is 9.53 Å². The lowest BCUT2D eigenvalue weighted by Gasteiger charge is -2.29. The summed E-state index contributed by atoms with van der Waals surface area (Å²) < 4.78 is 5.24. The first-order valence-electron chi connectivity index (χ1n) is 4.90. The van der Waals surface area contributed by atoms with E-state index in [9.17, 15) is 4.79 Å². The second-order valence-corrected chi connectivity index (χ2v) is 3.89. The first-order chi connectivity index (χ1) is 6.15. The Morgan fingerprint density at radius 1 is 1.38 bits per heavy atom. The van der Waals surface area contributed by atoms with Crippen molar-refractivity contribution < 1.29 is 14.6 Å². The maximum atomic E-state index is 10.7. The van der Waals surface area contributed by atoms with Crippen molar-refractivity contribution in [3.8, 4) is 0 Å². The fourth-order valence-electron chi connectivity index (χ4n) is 2.03. The first kappa shape index (κ1) is 10.5. The van der Waals surface area contributed by atoms with Crippen LogP contribution in [0.4, 0.5) is 0 Å². The zero-order valence-corrected chi connectivity index (χ0v) is 8.32. The topological polar surface area (TPSA) is 46.5 Å². The van der Waals surface area contributed by atoms with Crippen LogP contribution in [0.1, 0.15) is 32.6 Å². The van der Waals surface area contributed by atoms with Gasteiger partial charge < -0.3 is 9.84 Å². The fraction of sp³-hybridized carbons (Fsp3) is 0.900. The van der Waals surface area contributed by atoms with Gasteiger partial charge in [0.1, 0.15) is 0 Å². The Kier molecular flexibility index (Phi) is 3.72. The van der Waals surface area contributed by atoms with E-state index in [4.69, 9.17) is 9.84 Å². The van der Waals surface area contributed by atoms with Crippen molar-refractivity contribution in [2.45, 2.75) is 38.7 Å². The van der Waals surface area contributed by atoms with Gasteiger partial charge in [0.25, 0.3) is 0 Å². The summed E-state index contributed by atoms with van der Waals surface area (Å²) in [5.41, 5.74) is 0. The smallest absolute Gasteiger partial charge is 0.306 e. The van der Waals surface area contributed by atoms with E-state index in [2.05, 4.69) is 6.92 Å². The number of carbonyl (C=O) groups is 1. The van der Waals surface area contributed by atoms with Gasteiger partial charge in [0.15, 0.2) is 0 Å². The largest absolute Gasteiger partial charge is 0.481 e. The van der Waals surface area contributed by atoms with Crippen LogP contribution in [0.25, 0.3) is 0 Å². The second-order valence-electron chi connectivity index (χ2n) is 3.89. The summed E-state index contributed by atoms with van der Waals surface area (Å²) in [6, 6.07) is 0. The number of carboxylic acids is 1. The zero-order valence-electron chi connectivity index (χ0n) is 8.32. The van der Waals surface area contributed by atoms with Gasteiger partial charge in [0, 0.05) is 7.11 Å². The van der Waals surface area contributed by atoms with Gasteiger partial charge in [-0.05, 0) is 38.5 Å². The average molecular weight is 186 g/mol. The molecule has 0 aromatic rings. The molecule has 1 aliphatic rings. The molecule has 1 saturated carbocycles. The van der Waals surface area contributed by atoms with E-state index >= 15 is 0 Å². The molecule has 0 heterocycles. The number of aliphatic carboxylic acids is 1. The summed E-state index contributed by atoms with van der Waals surface area (Å²) in [4.78, 5) is 10.7. The van der Waals surface area contributed by atoms with E-state index in [0.29, 0.717) is 5.92 Å². The van der Waals surface area contributed by atoms with Crippen molar-refractivity contribution in [2.24, 2.45) is 11.8 Å². The molecule has 0 aromatic heterocycles. The lowest BCUT2D eigenvalue weighted by Crippen LogP contribution is -2.27. The second kappa shape index (κ2) is 4.61. The molecule has 1 fully saturated rings. The van der Waals surface area contributed by atoms with Crippen molar-refractivity contribution in [1.82, 2.24) is 0 Å². The maximum Gasteiger partial charge on any atom is 0.306 e. The van der Waals surface area contributed by atoms with Crippen LogP contribution in [0.2, 0.25) is 0 Å². The van der Waals surface area contributed by atoms with Crippen molar-refractivity contribution >= 4 is 5.97 Å². The molecule has 0 bridgehead atoms. The first-order valence-corrected chi connectivity index (χ1v) is 4.90. The normalized spacial score (nSPS) is 31.2. The van der Waals surface area contributed by atoms with Crippen LogP contribution in [0, 0.1) is 11.8 Å². The summed E-state index contributed by atoms with van der Waals surface area (Å²) in [7, 11) is 1.72. The third-order valence-corrected chi connectivity index (χ3v) is 3.16. The van der Waals surface area contributed by atoms with Crippen LogP contribution in [0.3, 0.4) is 0 Å². The molecule has 0 aliphatic heterocycles. The molecule has 76 valence electrons. The zero-order chi connectivity index (χ0) is 9.84. The third kappa shape index (κ3) is 2.69. The Hall–Kier alpha value is -0.570. The molecule has 0 unspecified atom stereocenters.